The van der Waals surface area contributed by atoms with E-state index in [1.54, 1.807) is 18.2 Å². The van der Waals surface area contributed by atoms with Crippen molar-refractivity contribution in [2.45, 2.75) is 31.1 Å². The predicted molar refractivity (Wildman–Crippen MR) is 114 cm³/mol. The number of aromatic hydroxyl groups is 2. The molecule has 0 radical (unpaired) electrons. The molecule has 1 aliphatic rings. The van der Waals surface area contributed by atoms with Gasteiger partial charge in [0.05, 0.1) is 15.7 Å². The van der Waals surface area contributed by atoms with E-state index in [1.165, 1.54) is 0 Å². The fraction of sp³-hybridized carbons (Fsp3) is 0.400. The summed E-state index contributed by atoms with van der Waals surface area (Å²) in [5, 5.41) is 23.5. The van der Waals surface area contributed by atoms with Crippen molar-refractivity contribution in [3.05, 3.63) is 52.0 Å². The number of halogens is 2. The quantitative estimate of drug-likeness (QED) is 0.621. The molecule has 1 aliphatic heterocycles. The lowest BCUT2D eigenvalue weighted by Gasteiger charge is -2.20. The molecular formula is C20H25Cl2NO4S. The van der Waals surface area contributed by atoms with Crippen LogP contribution in [0.25, 0.3) is 0 Å². The molecule has 3 N–H and O–H groups in total. The van der Waals surface area contributed by atoms with Crippen molar-refractivity contribution in [2.24, 2.45) is 5.92 Å². The van der Waals surface area contributed by atoms with Gasteiger partial charge < -0.3 is 15.5 Å². The average Bonchev–Trinajstić information content (AvgIpc) is 2.81. The maximum absolute atomic E-state index is 12.4. The molecular weight excluding hydrogens is 421 g/mol. The van der Waals surface area contributed by atoms with Gasteiger partial charge in [-0.25, -0.2) is 8.42 Å². The van der Waals surface area contributed by atoms with E-state index >= 15 is 0 Å². The van der Waals surface area contributed by atoms with E-state index in [9.17, 15) is 18.6 Å². The molecule has 0 aromatic heterocycles. The van der Waals surface area contributed by atoms with Crippen LogP contribution in [-0.4, -0.2) is 37.5 Å². The number of nitrogens with one attached hydrogen (secondary N) is 1. The standard InChI is InChI=1S/C20H24ClNO4S.ClH/c1-12(2)11-27(25,26)14-5-3-13(4-6-14)17-10-22-8-7-15-16(17)9-18(23)20(24)19(15)21;/h3-6,9,12,17,22-24H,7-8,10-11H2,1-2H3;1H. The molecule has 3 rings (SSSR count). The monoisotopic (exact) mass is 445 g/mol. The van der Waals surface area contributed by atoms with Crippen molar-refractivity contribution >= 4 is 33.8 Å². The zero-order valence-electron chi connectivity index (χ0n) is 15.8. The number of phenolic OH excluding ortho intramolecular Hbond substituents is 2. The Labute approximate surface area is 177 Å². The second-order valence-corrected chi connectivity index (χ2v) is 9.79. The number of phenols is 2. The van der Waals surface area contributed by atoms with Crippen LogP contribution in [0.2, 0.25) is 5.02 Å². The third-order valence-corrected chi connectivity index (χ3v) is 7.33. The van der Waals surface area contributed by atoms with E-state index in [2.05, 4.69) is 5.32 Å². The number of hydrogen-bond donors (Lipinski definition) is 3. The van der Waals surface area contributed by atoms with Gasteiger partial charge in [0.15, 0.2) is 21.3 Å². The third kappa shape index (κ3) is 4.57. The highest BCUT2D eigenvalue weighted by Gasteiger charge is 2.26. The van der Waals surface area contributed by atoms with Crippen LogP contribution in [-0.2, 0) is 16.3 Å². The molecule has 28 heavy (non-hydrogen) atoms. The molecule has 0 fully saturated rings. The highest BCUT2D eigenvalue weighted by Crippen LogP contribution is 2.42. The van der Waals surface area contributed by atoms with Crippen LogP contribution in [0.15, 0.2) is 35.2 Å². The summed E-state index contributed by atoms with van der Waals surface area (Å²) in [4.78, 5) is 0.313. The second-order valence-electron chi connectivity index (χ2n) is 7.38. The highest BCUT2D eigenvalue weighted by molar-refractivity contribution is 7.91. The predicted octanol–water partition coefficient (Wildman–Crippen LogP) is 3.88. The summed E-state index contributed by atoms with van der Waals surface area (Å²) in [6.07, 6.45) is 0.638. The summed E-state index contributed by atoms with van der Waals surface area (Å²) in [5.74, 6) is -0.477. The van der Waals surface area contributed by atoms with Crippen molar-refractivity contribution in [3.63, 3.8) is 0 Å². The van der Waals surface area contributed by atoms with Gasteiger partial charge in [0, 0.05) is 12.5 Å². The van der Waals surface area contributed by atoms with E-state index in [0.717, 1.165) is 16.7 Å². The molecule has 1 unspecified atom stereocenters. The van der Waals surface area contributed by atoms with Crippen LogP contribution >= 0.6 is 24.0 Å². The Balaban J connectivity index is 0.00000280. The Morgan fingerprint density at radius 3 is 2.46 bits per heavy atom. The number of fused-ring (bicyclic) bond motifs is 1. The van der Waals surface area contributed by atoms with Crippen molar-refractivity contribution in [1.82, 2.24) is 5.32 Å². The lowest BCUT2D eigenvalue weighted by molar-refractivity contribution is 0.402. The average molecular weight is 446 g/mol. The van der Waals surface area contributed by atoms with E-state index in [0.29, 0.717) is 24.4 Å². The van der Waals surface area contributed by atoms with Gasteiger partial charge in [-0.3, -0.25) is 0 Å². The van der Waals surface area contributed by atoms with Crippen LogP contribution in [0, 0.1) is 5.92 Å². The fourth-order valence-electron chi connectivity index (χ4n) is 3.56. The van der Waals surface area contributed by atoms with Crippen molar-refractivity contribution < 1.29 is 18.6 Å². The lowest BCUT2D eigenvalue weighted by Crippen LogP contribution is -2.21. The zero-order valence-corrected chi connectivity index (χ0v) is 18.2. The van der Waals surface area contributed by atoms with Crippen LogP contribution in [0.5, 0.6) is 11.5 Å². The first-order valence-corrected chi connectivity index (χ1v) is 11.0. The Morgan fingerprint density at radius 2 is 1.86 bits per heavy atom. The first-order chi connectivity index (χ1) is 12.7. The molecule has 2 aromatic rings. The molecule has 5 nitrogen and oxygen atoms in total. The van der Waals surface area contributed by atoms with Gasteiger partial charge >= 0.3 is 0 Å². The zero-order chi connectivity index (χ0) is 19.8. The van der Waals surface area contributed by atoms with Gasteiger partial charge in [0.25, 0.3) is 0 Å². The van der Waals surface area contributed by atoms with Gasteiger partial charge in [0.1, 0.15) is 0 Å². The molecule has 0 aliphatic carbocycles. The Hall–Kier alpha value is -1.47. The van der Waals surface area contributed by atoms with Crippen LogP contribution < -0.4 is 5.32 Å². The first kappa shape index (κ1) is 22.8. The molecule has 154 valence electrons. The van der Waals surface area contributed by atoms with Crippen LogP contribution in [0.4, 0.5) is 0 Å². The van der Waals surface area contributed by atoms with E-state index in [1.807, 2.05) is 26.0 Å². The Bertz CT molecular complexity index is 944. The summed E-state index contributed by atoms with van der Waals surface area (Å²) >= 11 is 6.26. The SMILES string of the molecule is CC(C)CS(=O)(=O)c1ccc(C2CNCCc3c2cc(O)c(O)c3Cl)cc1.Cl. The summed E-state index contributed by atoms with van der Waals surface area (Å²) in [5.41, 5.74) is 2.58. The minimum absolute atomic E-state index is 0. The number of benzene rings is 2. The summed E-state index contributed by atoms with van der Waals surface area (Å²) < 4.78 is 24.8. The van der Waals surface area contributed by atoms with Crippen LogP contribution in [0.1, 0.15) is 36.5 Å². The minimum Gasteiger partial charge on any atom is -0.504 e. The van der Waals surface area contributed by atoms with Gasteiger partial charge in [-0.1, -0.05) is 37.6 Å². The van der Waals surface area contributed by atoms with Crippen molar-refractivity contribution in [3.8, 4) is 11.5 Å². The molecule has 1 atom stereocenters. The van der Waals surface area contributed by atoms with Crippen molar-refractivity contribution in [2.75, 3.05) is 18.8 Å². The molecule has 8 heteroatoms. The van der Waals surface area contributed by atoms with E-state index in [-0.39, 0.29) is 46.5 Å². The third-order valence-electron chi connectivity index (χ3n) is 4.83. The molecule has 0 saturated carbocycles. The summed E-state index contributed by atoms with van der Waals surface area (Å²) in [6.45, 7) is 5.09. The fourth-order valence-corrected chi connectivity index (χ4v) is 5.48. The molecule has 0 saturated heterocycles. The number of sulfone groups is 1. The number of hydrogen-bond acceptors (Lipinski definition) is 5. The molecule has 1 heterocycles. The van der Waals surface area contributed by atoms with Crippen LogP contribution in [0.3, 0.4) is 0 Å². The van der Waals surface area contributed by atoms with Gasteiger partial charge in [0.2, 0.25) is 0 Å². The Kier molecular flexibility index (Phi) is 7.26. The number of rotatable bonds is 4. The highest BCUT2D eigenvalue weighted by atomic mass is 35.5. The smallest absolute Gasteiger partial charge is 0.178 e. The molecule has 0 bridgehead atoms. The van der Waals surface area contributed by atoms with Gasteiger partial charge in [-0.2, -0.15) is 0 Å². The Morgan fingerprint density at radius 1 is 1.21 bits per heavy atom. The van der Waals surface area contributed by atoms with Gasteiger partial charge in [-0.05, 0) is 53.8 Å². The maximum atomic E-state index is 12.4. The molecule has 0 spiro atoms. The largest absolute Gasteiger partial charge is 0.504 e. The maximum Gasteiger partial charge on any atom is 0.178 e. The minimum atomic E-state index is -3.30. The second kappa shape index (κ2) is 8.91. The van der Waals surface area contributed by atoms with Gasteiger partial charge in [-0.15, -0.1) is 12.4 Å². The normalized spacial score (nSPS) is 16.9. The lowest BCUT2D eigenvalue weighted by atomic mass is 9.87. The summed E-state index contributed by atoms with van der Waals surface area (Å²) in [7, 11) is -3.30. The summed E-state index contributed by atoms with van der Waals surface area (Å²) in [6, 6.07) is 8.45. The van der Waals surface area contributed by atoms with E-state index in [4.69, 9.17) is 11.6 Å². The van der Waals surface area contributed by atoms with E-state index < -0.39 is 9.84 Å². The molecule has 0 amide bonds. The topological polar surface area (TPSA) is 86.6 Å². The molecule has 2 aromatic carbocycles. The van der Waals surface area contributed by atoms with Crippen molar-refractivity contribution in [1.29, 1.82) is 0 Å². The first-order valence-electron chi connectivity index (χ1n) is 8.97.